The molecule has 0 bridgehead atoms. The molecule has 1 aliphatic rings. The number of anilines is 3. The third kappa shape index (κ3) is 2.77. The van der Waals surface area contributed by atoms with Crippen LogP contribution in [0.3, 0.4) is 0 Å². The first kappa shape index (κ1) is 13.7. The minimum absolute atomic E-state index is 0.908. The van der Waals surface area contributed by atoms with Crippen molar-refractivity contribution >= 4 is 17.3 Å². The van der Waals surface area contributed by atoms with Gasteiger partial charge >= 0.3 is 0 Å². The van der Waals surface area contributed by atoms with Crippen LogP contribution in [-0.4, -0.2) is 43.2 Å². The van der Waals surface area contributed by atoms with Crippen LogP contribution in [-0.2, 0) is 0 Å². The summed E-state index contributed by atoms with van der Waals surface area (Å²) in [4.78, 5) is 13.5. The average Bonchev–Trinajstić information content (AvgIpc) is 2.56. The fourth-order valence-electron chi connectivity index (χ4n) is 2.83. The van der Waals surface area contributed by atoms with E-state index < -0.39 is 0 Å². The Bertz CT molecular complexity index is 591. The normalized spacial score (nSPS) is 15.1. The molecule has 1 aromatic carbocycles. The van der Waals surface area contributed by atoms with Crippen molar-refractivity contribution in [2.24, 2.45) is 0 Å². The largest absolute Gasteiger partial charge is 0.373 e. The molecular formula is C16H21N5. The van der Waals surface area contributed by atoms with Crippen molar-refractivity contribution in [1.29, 1.82) is 0 Å². The lowest BCUT2D eigenvalue weighted by molar-refractivity contribution is 0.645. The van der Waals surface area contributed by atoms with E-state index in [4.69, 9.17) is 0 Å². The molecule has 5 nitrogen and oxygen atoms in total. The smallest absolute Gasteiger partial charge is 0.137 e. The number of aromatic nitrogens is 2. The van der Waals surface area contributed by atoms with Gasteiger partial charge in [0.05, 0.1) is 0 Å². The molecule has 0 saturated carbocycles. The van der Waals surface area contributed by atoms with Crippen LogP contribution < -0.4 is 15.1 Å². The summed E-state index contributed by atoms with van der Waals surface area (Å²) in [5.74, 6) is 1.95. The van der Waals surface area contributed by atoms with Crippen molar-refractivity contribution in [3.05, 3.63) is 42.2 Å². The predicted molar refractivity (Wildman–Crippen MR) is 87.2 cm³/mol. The fraction of sp³-hybridized carbons (Fsp3) is 0.375. The van der Waals surface area contributed by atoms with Gasteiger partial charge in [0, 0.05) is 44.5 Å². The molecular weight excluding hydrogens is 262 g/mol. The van der Waals surface area contributed by atoms with Crippen LogP contribution in [0, 0.1) is 6.92 Å². The Morgan fingerprint density at radius 3 is 2.29 bits per heavy atom. The zero-order valence-corrected chi connectivity index (χ0v) is 12.6. The van der Waals surface area contributed by atoms with E-state index in [9.17, 15) is 0 Å². The number of nitrogens with zero attached hydrogens (tertiary/aromatic N) is 4. The number of rotatable bonds is 3. The first-order valence-electron chi connectivity index (χ1n) is 7.34. The van der Waals surface area contributed by atoms with Gasteiger partial charge in [0.1, 0.15) is 18.0 Å². The first-order valence-corrected chi connectivity index (χ1v) is 7.34. The van der Waals surface area contributed by atoms with Crippen molar-refractivity contribution in [2.45, 2.75) is 6.92 Å². The summed E-state index contributed by atoms with van der Waals surface area (Å²) in [6.07, 6.45) is 1.64. The van der Waals surface area contributed by atoms with E-state index in [2.05, 4.69) is 62.3 Å². The highest BCUT2D eigenvalue weighted by atomic mass is 15.3. The summed E-state index contributed by atoms with van der Waals surface area (Å²) < 4.78 is 0. The monoisotopic (exact) mass is 283 g/mol. The van der Waals surface area contributed by atoms with Gasteiger partial charge in [-0.05, 0) is 19.1 Å². The second-order valence-electron chi connectivity index (χ2n) is 5.23. The minimum Gasteiger partial charge on any atom is -0.373 e. The highest BCUT2D eigenvalue weighted by Gasteiger charge is 2.20. The summed E-state index contributed by atoms with van der Waals surface area (Å²) in [5, 5.41) is 3.12. The SMILES string of the molecule is CNc1ncnc(N2CCN(c3ccccc3)CC2)c1C. The third-order valence-corrected chi connectivity index (χ3v) is 3.99. The van der Waals surface area contributed by atoms with Crippen molar-refractivity contribution in [1.82, 2.24) is 9.97 Å². The second kappa shape index (κ2) is 5.99. The van der Waals surface area contributed by atoms with Crippen LogP contribution in [0.15, 0.2) is 36.7 Å². The summed E-state index contributed by atoms with van der Waals surface area (Å²) in [5.41, 5.74) is 2.42. The molecule has 0 radical (unpaired) electrons. The molecule has 1 saturated heterocycles. The van der Waals surface area contributed by atoms with E-state index >= 15 is 0 Å². The lowest BCUT2D eigenvalue weighted by atomic mass is 10.2. The van der Waals surface area contributed by atoms with Crippen molar-refractivity contribution in [3.63, 3.8) is 0 Å². The quantitative estimate of drug-likeness (QED) is 0.935. The number of nitrogens with one attached hydrogen (secondary N) is 1. The van der Waals surface area contributed by atoms with Gasteiger partial charge in [-0.25, -0.2) is 9.97 Å². The molecule has 1 N–H and O–H groups in total. The van der Waals surface area contributed by atoms with Gasteiger partial charge in [-0.3, -0.25) is 0 Å². The number of piperazine rings is 1. The van der Waals surface area contributed by atoms with Gasteiger partial charge in [-0.2, -0.15) is 0 Å². The Morgan fingerprint density at radius 2 is 1.62 bits per heavy atom. The lowest BCUT2D eigenvalue weighted by Gasteiger charge is -2.37. The number of hydrogen-bond acceptors (Lipinski definition) is 5. The predicted octanol–water partition coefficient (Wildman–Crippen LogP) is 2.15. The Kier molecular flexibility index (Phi) is 3.90. The molecule has 0 unspecified atom stereocenters. The molecule has 21 heavy (non-hydrogen) atoms. The molecule has 0 amide bonds. The van der Waals surface area contributed by atoms with Crippen LogP contribution in [0.4, 0.5) is 17.3 Å². The maximum absolute atomic E-state index is 4.46. The molecule has 0 aliphatic carbocycles. The summed E-state index contributed by atoms with van der Waals surface area (Å²) in [6, 6.07) is 10.6. The van der Waals surface area contributed by atoms with E-state index in [1.807, 2.05) is 7.05 Å². The molecule has 0 spiro atoms. The van der Waals surface area contributed by atoms with Gasteiger partial charge in [-0.1, -0.05) is 18.2 Å². The number of benzene rings is 1. The molecule has 1 aliphatic heterocycles. The van der Waals surface area contributed by atoms with Crippen LogP contribution in [0.5, 0.6) is 0 Å². The molecule has 0 atom stereocenters. The van der Waals surface area contributed by atoms with Crippen LogP contribution in [0.1, 0.15) is 5.56 Å². The van der Waals surface area contributed by atoms with Crippen molar-refractivity contribution in [3.8, 4) is 0 Å². The minimum atomic E-state index is 0.908. The maximum atomic E-state index is 4.46. The number of hydrogen-bond donors (Lipinski definition) is 1. The highest BCUT2D eigenvalue weighted by Crippen LogP contribution is 2.24. The van der Waals surface area contributed by atoms with E-state index in [-0.39, 0.29) is 0 Å². The summed E-state index contributed by atoms with van der Waals surface area (Å²) in [7, 11) is 1.90. The maximum Gasteiger partial charge on any atom is 0.137 e. The Labute approximate surface area is 125 Å². The van der Waals surface area contributed by atoms with E-state index in [0.717, 1.165) is 43.4 Å². The topological polar surface area (TPSA) is 44.3 Å². The highest BCUT2D eigenvalue weighted by molar-refractivity contribution is 5.58. The van der Waals surface area contributed by atoms with Crippen LogP contribution in [0.2, 0.25) is 0 Å². The van der Waals surface area contributed by atoms with E-state index in [1.54, 1.807) is 6.33 Å². The molecule has 2 aromatic rings. The second-order valence-corrected chi connectivity index (χ2v) is 5.23. The molecule has 110 valence electrons. The van der Waals surface area contributed by atoms with Gasteiger partial charge in [0.15, 0.2) is 0 Å². The molecule has 1 fully saturated rings. The Morgan fingerprint density at radius 1 is 0.952 bits per heavy atom. The summed E-state index contributed by atoms with van der Waals surface area (Å²) in [6.45, 7) is 6.07. The van der Waals surface area contributed by atoms with Gasteiger partial charge in [0.25, 0.3) is 0 Å². The van der Waals surface area contributed by atoms with Gasteiger partial charge in [-0.15, -0.1) is 0 Å². The molecule has 5 heteroatoms. The fourth-order valence-corrected chi connectivity index (χ4v) is 2.83. The molecule has 1 aromatic heterocycles. The van der Waals surface area contributed by atoms with E-state index in [0.29, 0.717) is 0 Å². The third-order valence-electron chi connectivity index (χ3n) is 3.99. The van der Waals surface area contributed by atoms with Gasteiger partial charge < -0.3 is 15.1 Å². The zero-order chi connectivity index (χ0) is 14.7. The average molecular weight is 283 g/mol. The summed E-state index contributed by atoms with van der Waals surface area (Å²) >= 11 is 0. The Balaban J connectivity index is 1.72. The first-order chi connectivity index (χ1) is 10.3. The zero-order valence-electron chi connectivity index (χ0n) is 12.6. The molecule has 2 heterocycles. The standard InChI is InChI=1S/C16H21N5/c1-13-15(17-2)18-12-19-16(13)21-10-8-20(9-11-21)14-6-4-3-5-7-14/h3-7,12H,8-11H2,1-2H3,(H,17,18,19). The molecule has 3 rings (SSSR count). The lowest BCUT2D eigenvalue weighted by Crippen LogP contribution is -2.47. The van der Waals surface area contributed by atoms with Gasteiger partial charge in [0.2, 0.25) is 0 Å². The Hall–Kier alpha value is -2.30. The number of para-hydroxylation sites is 1. The van der Waals surface area contributed by atoms with Crippen LogP contribution in [0.25, 0.3) is 0 Å². The van der Waals surface area contributed by atoms with Crippen molar-refractivity contribution < 1.29 is 0 Å². The van der Waals surface area contributed by atoms with Crippen LogP contribution >= 0.6 is 0 Å². The van der Waals surface area contributed by atoms with E-state index in [1.165, 1.54) is 5.69 Å². The van der Waals surface area contributed by atoms with Crippen molar-refractivity contribution in [2.75, 3.05) is 48.3 Å².